The highest BCUT2D eigenvalue weighted by atomic mass is 16.3. The largest absolute Gasteiger partial charge is 0.393 e. The van der Waals surface area contributed by atoms with Gasteiger partial charge in [0.15, 0.2) is 0 Å². The number of aliphatic hydroxyl groups excluding tert-OH is 1. The Bertz CT molecular complexity index is 712. The molecule has 3 fully saturated rings. The maximum atomic E-state index is 10.2. The average molecular weight is 397 g/mol. The molecule has 4 aliphatic rings. The standard InChI is InChI=1S/C28H44O/c1-18(2)19(3)7-8-20(4)24-11-12-25-23-10-9-21-17-22(29)13-15-27(21,5)26(23)14-16-28(24,25)6/h7-10,18-20,22,24-26,29H,11-17H2,1-6H3/b8-7+/t19-,20+,22+,24+,25+,26+,27-,28-/m0/s1. The molecule has 0 unspecified atom stereocenters. The lowest BCUT2D eigenvalue weighted by Gasteiger charge is -2.55. The van der Waals surface area contributed by atoms with E-state index in [0.717, 1.165) is 36.5 Å². The van der Waals surface area contributed by atoms with Gasteiger partial charge in [-0.2, -0.15) is 0 Å². The molecule has 4 rings (SSSR count). The lowest BCUT2D eigenvalue weighted by Crippen LogP contribution is -2.46. The van der Waals surface area contributed by atoms with Crippen LogP contribution >= 0.6 is 0 Å². The summed E-state index contributed by atoms with van der Waals surface area (Å²) in [6, 6.07) is 0. The lowest BCUT2D eigenvalue weighted by atomic mass is 9.50. The van der Waals surface area contributed by atoms with E-state index in [4.69, 9.17) is 0 Å². The van der Waals surface area contributed by atoms with Crippen LogP contribution < -0.4 is 0 Å². The first-order chi connectivity index (χ1) is 13.7. The summed E-state index contributed by atoms with van der Waals surface area (Å²) >= 11 is 0. The van der Waals surface area contributed by atoms with Gasteiger partial charge in [0.25, 0.3) is 0 Å². The lowest BCUT2D eigenvalue weighted by molar-refractivity contribution is 0.0382. The number of fused-ring (bicyclic) bond motifs is 5. The van der Waals surface area contributed by atoms with Crippen LogP contribution in [0, 0.1) is 46.3 Å². The number of hydrogen-bond acceptors (Lipinski definition) is 1. The Morgan fingerprint density at radius 3 is 2.41 bits per heavy atom. The fourth-order valence-electron chi connectivity index (χ4n) is 7.59. The third-order valence-corrected chi connectivity index (χ3v) is 10.0. The highest BCUT2D eigenvalue weighted by molar-refractivity contribution is 5.39. The van der Waals surface area contributed by atoms with Crippen LogP contribution in [-0.2, 0) is 0 Å². The molecule has 0 saturated heterocycles. The van der Waals surface area contributed by atoms with Crippen LogP contribution in [0.2, 0.25) is 0 Å². The Morgan fingerprint density at radius 1 is 0.931 bits per heavy atom. The van der Waals surface area contributed by atoms with Crippen molar-refractivity contribution in [3.8, 4) is 0 Å². The second-order valence-electron chi connectivity index (χ2n) is 11.9. The van der Waals surface area contributed by atoms with Crippen molar-refractivity contribution >= 4 is 0 Å². The molecule has 1 heteroatoms. The van der Waals surface area contributed by atoms with Crippen molar-refractivity contribution in [1.82, 2.24) is 0 Å². The van der Waals surface area contributed by atoms with Crippen molar-refractivity contribution < 1.29 is 5.11 Å². The van der Waals surface area contributed by atoms with Crippen LogP contribution in [0.5, 0.6) is 0 Å². The first-order valence-corrected chi connectivity index (χ1v) is 12.4. The van der Waals surface area contributed by atoms with Crippen LogP contribution in [0.15, 0.2) is 35.5 Å². The SMILES string of the molecule is CC(C)[C@@H](C)/C=C/[C@@H](C)[C@H]1CC[C@@H]2C3=CC=C4C[C@H](O)CC[C@]4(C)[C@@H]3CC[C@]21C. The van der Waals surface area contributed by atoms with Crippen molar-refractivity contribution in [1.29, 1.82) is 0 Å². The Kier molecular flexibility index (Phi) is 5.69. The third kappa shape index (κ3) is 3.50. The molecule has 0 aromatic rings. The van der Waals surface area contributed by atoms with Crippen LogP contribution in [0.25, 0.3) is 0 Å². The quantitative estimate of drug-likeness (QED) is 0.493. The molecule has 0 bridgehead atoms. The maximum absolute atomic E-state index is 10.2. The van der Waals surface area contributed by atoms with Crippen LogP contribution in [0.1, 0.15) is 86.5 Å². The summed E-state index contributed by atoms with van der Waals surface area (Å²) in [4.78, 5) is 0. The zero-order valence-corrected chi connectivity index (χ0v) is 19.7. The van der Waals surface area contributed by atoms with E-state index in [1.807, 2.05) is 0 Å². The van der Waals surface area contributed by atoms with Crippen LogP contribution in [0.3, 0.4) is 0 Å². The molecule has 0 amide bonds. The van der Waals surface area contributed by atoms with E-state index in [2.05, 4.69) is 65.8 Å². The maximum Gasteiger partial charge on any atom is 0.0578 e. The Hall–Kier alpha value is -0.820. The summed E-state index contributed by atoms with van der Waals surface area (Å²) < 4.78 is 0. The molecule has 162 valence electrons. The monoisotopic (exact) mass is 396 g/mol. The summed E-state index contributed by atoms with van der Waals surface area (Å²) in [6.45, 7) is 14.6. The first kappa shape index (κ1) is 21.4. The number of rotatable bonds is 4. The summed E-state index contributed by atoms with van der Waals surface area (Å²) in [5.74, 6) is 4.38. The highest BCUT2D eigenvalue weighted by Gasteiger charge is 2.56. The summed E-state index contributed by atoms with van der Waals surface area (Å²) in [6.07, 6.45) is 18.4. The molecule has 0 aromatic heterocycles. The van der Waals surface area contributed by atoms with Gasteiger partial charge in [0, 0.05) is 0 Å². The van der Waals surface area contributed by atoms with Gasteiger partial charge in [-0.1, -0.05) is 77.0 Å². The molecule has 1 nitrogen and oxygen atoms in total. The predicted molar refractivity (Wildman–Crippen MR) is 123 cm³/mol. The summed E-state index contributed by atoms with van der Waals surface area (Å²) in [7, 11) is 0. The minimum Gasteiger partial charge on any atom is -0.393 e. The Labute approximate surface area is 179 Å². The van der Waals surface area contributed by atoms with Gasteiger partial charge in [-0.25, -0.2) is 0 Å². The molecule has 3 saturated carbocycles. The van der Waals surface area contributed by atoms with E-state index in [1.54, 1.807) is 5.57 Å². The van der Waals surface area contributed by atoms with Crippen molar-refractivity contribution in [3.05, 3.63) is 35.5 Å². The molecule has 0 aliphatic heterocycles. The number of hydrogen-bond donors (Lipinski definition) is 1. The molecular weight excluding hydrogens is 352 g/mol. The summed E-state index contributed by atoms with van der Waals surface area (Å²) in [5, 5.41) is 10.2. The van der Waals surface area contributed by atoms with Crippen molar-refractivity contribution in [2.45, 2.75) is 92.6 Å². The number of allylic oxidation sites excluding steroid dienone is 5. The van der Waals surface area contributed by atoms with Gasteiger partial charge < -0.3 is 5.11 Å². The van der Waals surface area contributed by atoms with Crippen molar-refractivity contribution in [2.75, 3.05) is 0 Å². The van der Waals surface area contributed by atoms with E-state index in [0.29, 0.717) is 22.7 Å². The highest BCUT2D eigenvalue weighted by Crippen LogP contribution is 2.65. The van der Waals surface area contributed by atoms with Crippen LogP contribution in [0.4, 0.5) is 0 Å². The fraction of sp³-hybridized carbons (Fsp3) is 0.786. The third-order valence-electron chi connectivity index (χ3n) is 10.0. The van der Waals surface area contributed by atoms with E-state index in [1.165, 1.54) is 37.7 Å². The van der Waals surface area contributed by atoms with Gasteiger partial charge in [0.2, 0.25) is 0 Å². The molecule has 4 aliphatic carbocycles. The van der Waals surface area contributed by atoms with Crippen LogP contribution in [-0.4, -0.2) is 11.2 Å². The van der Waals surface area contributed by atoms with Gasteiger partial charge in [-0.05, 0) is 91.3 Å². The Balaban J connectivity index is 1.57. The molecule has 0 aromatic carbocycles. The molecular formula is C28H44O. The minimum atomic E-state index is -0.116. The van der Waals surface area contributed by atoms with Gasteiger partial charge in [-0.15, -0.1) is 0 Å². The van der Waals surface area contributed by atoms with Gasteiger partial charge in [0.1, 0.15) is 0 Å². The van der Waals surface area contributed by atoms with Crippen molar-refractivity contribution in [2.24, 2.45) is 46.3 Å². The van der Waals surface area contributed by atoms with E-state index in [9.17, 15) is 5.11 Å². The zero-order chi connectivity index (χ0) is 21.0. The topological polar surface area (TPSA) is 20.2 Å². The molecule has 1 N–H and O–H groups in total. The second-order valence-corrected chi connectivity index (χ2v) is 11.9. The van der Waals surface area contributed by atoms with E-state index < -0.39 is 0 Å². The molecule has 0 radical (unpaired) electrons. The number of aliphatic hydroxyl groups is 1. The van der Waals surface area contributed by atoms with Gasteiger partial charge >= 0.3 is 0 Å². The first-order valence-electron chi connectivity index (χ1n) is 12.4. The molecule has 29 heavy (non-hydrogen) atoms. The average Bonchev–Trinajstić information content (AvgIpc) is 3.03. The summed E-state index contributed by atoms with van der Waals surface area (Å²) in [5.41, 5.74) is 4.07. The molecule has 8 atom stereocenters. The van der Waals surface area contributed by atoms with Gasteiger partial charge in [0.05, 0.1) is 6.10 Å². The van der Waals surface area contributed by atoms with E-state index >= 15 is 0 Å². The fourth-order valence-corrected chi connectivity index (χ4v) is 7.59. The molecule has 0 spiro atoms. The van der Waals surface area contributed by atoms with Crippen molar-refractivity contribution in [3.63, 3.8) is 0 Å². The van der Waals surface area contributed by atoms with Gasteiger partial charge in [-0.3, -0.25) is 0 Å². The molecule has 0 heterocycles. The normalized spacial score (nSPS) is 44.0. The minimum absolute atomic E-state index is 0.116. The zero-order valence-electron chi connectivity index (χ0n) is 19.7. The second kappa shape index (κ2) is 7.70. The smallest absolute Gasteiger partial charge is 0.0578 e. The Morgan fingerprint density at radius 2 is 1.69 bits per heavy atom. The van der Waals surface area contributed by atoms with E-state index in [-0.39, 0.29) is 6.10 Å². The predicted octanol–water partition coefficient (Wildman–Crippen LogP) is 7.33.